The predicted octanol–water partition coefficient (Wildman–Crippen LogP) is 2.78. The lowest BCUT2D eigenvalue weighted by Crippen LogP contribution is -2.42. The fraction of sp³-hybridized carbons (Fsp3) is 0.500. The van der Waals surface area contributed by atoms with E-state index in [4.69, 9.17) is 9.15 Å². The van der Waals surface area contributed by atoms with Gasteiger partial charge in [-0.1, -0.05) is 17.7 Å². The van der Waals surface area contributed by atoms with Gasteiger partial charge in [-0.15, -0.1) is 10.2 Å². The van der Waals surface area contributed by atoms with Crippen molar-refractivity contribution in [3.8, 4) is 11.5 Å². The molecule has 0 aliphatic carbocycles. The molecule has 7 heteroatoms. The highest BCUT2D eigenvalue weighted by atomic mass is 16.5. The van der Waals surface area contributed by atoms with Crippen molar-refractivity contribution in [3.05, 3.63) is 35.7 Å². The largest absolute Gasteiger partial charge is 0.466 e. The first-order valence-corrected chi connectivity index (χ1v) is 9.40. The van der Waals surface area contributed by atoms with Crippen molar-refractivity contribution < 1.29 is 18.7 Å². The lowest BCUT2D eigenvalue weighted by molar-refractivity contribution is -0.151. The molecule has 0 saturated carbocycles. The van der Waals surface area contributed by atoms with Gasteiger partial charge >= 0.3 is 5.97 Å². The smallest absolute Gasteiger partial charge is 0.310 e. The van der Waals surface area contributed by atoms with Gasteiger partial charge in [-0.05, 0) is 38.8 Å². The van der Waals surface area contributed by atoms with Gasteiger partial charge in [0.15, 0.2) is 0 Å². The van der Waals surface area contributed by atoms with Crippen LogP contribution in [0.15, 0.2) is 28.7 Å². The number of ether oxygens (including phenoxy) is 1. The van der Waals surface area contributed by atoms with Crippen LogP contribution in [0.5, 0.6) is 0 Å². The van der Waals surface area contributed by atoms with Gasteiger partial charge in [-0.2, -0.15) is 0 Å². The molecule has 3 rings (SSSR count). The highest BCUT2D eigenvalue weighted by molar-refractivity contribution is 5.78. The van der Waals surface area contributed by atoms with E-state index >= 15 is 0 Å². The summed E-state index contributed by atoms with van der Waals surface area (Å²) >= 11 is 0. The number of piperidine rings is 1. The summed E-state index contributed by atoms with van der Waals surface area (Å²) in [6.07, 6.45) is 2.25. The molecule has 1 aromatic heterocycles. The number of hydrogen-bond donors (Lipinski definition) is 0. The van der Waals surface area contributed by atoms with Crippen molar-refractivity contribution in [3.63, 3.8) is 0 Å². The monoisotopic (exact) mass is 371 g/mol. The number of amides is 1. The van der Waals surface area contributed by atoms with E-state index in [0.29, 0.717) is 37.9 Å². The number of aromatic nitrogens is 2. The van der Waals surface area contributed by atoms with Crippen molar-refractivity contribution in [1.29, 1.82) is 0 Å². The van der Waals surface area contributed by atoms with E-state index < -0.39 is 0 Å². The SMILES string of the molecule is CCOC(=O)[C@H]1CCCN(C(=O)CCc2nnc(-c3ccc(C)cc3)o2)C1. The number of carbonyl (C=O) groups is 2. The molecule has 1 aromatic carbocycles. The van der Waals surface area contributed by atoms with E-state index in [-0.39, 0.29) is 24.2 Å². The van der Waals surface area contributed by atoms with Crippen LogP contribution in [0.1, 0.15) is 37.6 Å². The zero-order valence-corrected chi connectivity index (χ0v) is 15.8. The number of aryl methyl sites for hydroxylation is 2. The average molecular weight is 371 g/mol. The molecular formula is C20H25N3O4. The third-order valence-electron chi connectivity index (χ3n) is 4.71. The maximum Gasteiger partial charge on any atom is 0.310 e. The van der Waals surface area contributed by atoms with Crippen LogP contribution in [0.3, 0.4) is 0 Å². The third-order valence-corrected chi connectivity index (χ3v) is 4.71. The van der Waals surface area contributed by atoms with Crippen LogP contribution >= 0.6 is 0 Å². The molecule has 1 aliphatic rings. The average Bonchev–Trinajstić information content (AvgIpc) is 3.16. The van der Waals surface area contributed by atoms with Gasteiger partial charge in [0.25, 0.3) is 0 Å². The van der Waals surface area contributed by atoms with E-state index in [1.54, 1.807) is 11.8 Å². The Kier molecular flexibility index (Phi) is 6.21. The van der Waals surface area contributed by atoms with Crippen molar-refractivity contribution in [1.82, 2.24) is 15.1 Å². The quantitative estimate of drug-likeness (QED) is 0.726. The summed E-state index contributed by atoms with van der Waals surface area (Å²) in [6, 6.07) is 7.83. The first-order chi connectivity index (χ1) is 13.1. The Morgan fingerprint density at radius 2 is 2.04 bits per heavy atom. The molecule has 0 radical (unpaired) electrons. The van der Waals surface area contributed by atoms with Crippen LogP contribution in [-0.2, 0) is 20.7 Å². The zero-order valence-electron chi connectivity index (χ0n) is 15.8. The number of rotatable bonds is 6. The van der Waals surface area contributed by atoms with E-state index in [1.807, 2.05) is 31.2 Å². The first kappa shape index (κ1) is 19.1. The summed E-state index contributed by atoms with van der Waals surface area (Å²) < 4.78 is 10.8. The fourth-order valence-corrected chi connectivity index (χ4v) is 3.20. The van der Waals surface area contributed by atoms with Crippen LogP contribution in [-0.4, -0.2) is 46.7 Å². The third kappa shape index (κ3) is 4.93. The van der Waals surface area contributed by atoms with E-state index in [9.17, 15) is 9.59 Å². The van der Waals surface area contributed by atoms with Gasteiger partial charge in [0.2, 0.25) is 17.7 Å². The van der Waals surface area contributed by atoms with Gasteiger partial charge in [0, 0.05) is 31.5 Å². The molecule has 1 aliphatic heterocycles. The molecule has 1 amide bonds. The summed E-state index contributed by atoms with van der Waals surface area (Å²) in [5.74, 6) is 0.462. The zero-order chi connectivity index (χ0) is 19.2. The van der Waals surface area contributed by atoms with Gasteiger partial charge in [0.05, 0.1) is 12.5 Å². The molecule has 1 atom stereocenters. The molecule has 0 N–H and O–H groups in total. The summed E-state index contributed by atoms with van der Waals surface area (Å²) in [5.41, 5.74) is 2.02. The van der Waals surface area contributed by atoms with Crippen LogP contribution in [0.25, 0.3) is 11.5 Å². The topological polar surface area (TPSA) is 85.5 Å². The minimum Gasteiger partial charge on any atom is -0.466 e. The lowest BCUT2D eigenvalue weighted by atomic mass is 9.98. The highest BCUT2D eigenvalue weighted by Gasteiger charge is 2.29. The Bertz CT molecular complexity index is 785. The molecule has 144 valence electrons. The second kappa shape index (κ2) is 8.79. The number of esters is 1. The molecule has 1 fully saturated rings. The van der Waals surface area contributed by atoms with Crippen LogP contribution in [0.2, 0.25) is 0 Å². The van der Waals surface area contributed by atoms with Crippen LogP contribution in [0, 0.1) is 12.8 Å². The van der Waals surface area contributed by atoms with Crippen molar-refractivity contribution in [2.24, 2.45) is 5.92 Å². The van der Waals surface area contributed by atoms with E-state index in [2.05, 4.69) is 10.2 Å². The molecule has 2 heterocycles. The Morgan fingerprint density at radius 1 is 1.26 bits per heavy atom. The maximum absolute atomic E-state index is 12.5. The first-order valence-electron chi connectivity index (χ1n) is 9.40. The van der Waals surface area contributed by atoms with Gasteiger partial charge < -0.3 is 14.1 Å². The highest BCUT2D eigenvalue weighted by Crippen LogP contribution is 2.21. The van der Waals surface area contributed by atoms with Crippen molar-refractivity contribution in [2.75, 3.05) is 19.7 Å². The second-order valence-corrected chi connectivity index (χ2v) is 6.80. The lowest BCUT2D eigenvalue weighted by Gasteiger charge is -2.31. The van der Waals surface area contributed by atoms with Gasteiger partial charge in [0.1, 0.15) is 0 Å². The minimum absolute atomic E-state index is 0.000848. The summed E-state index contributed by atoms with van der Waals surface area (Å²) in [4.78, 5) is 26.1. The van der Waals surface area contributed by atoms with E-state index in [0.717, 1.165) is 24.0 Å². The summed E-state index contributed by atoms with van der Waals surface area (Å²) in [5, 5.41) is 8.10. The number of nitrogens with zero attached hydrogens (tertiary/aromatic N) is 3. The van der Waals surface area contributed by atoms with Gasteiger partial charge in [-0.25, -0.2) is 0 Å². The second-order valence-electron chi connectivity index (χ2n) is 6.80. The number of likely N-dealkylation sites (tertiary alicyclic amines) is 1. The van der Waals surface area contributed by atoms with Crippen molar-refractivity contribution in [2.45, 2.75) is 39.5 Å². The molecule has 2 aromatic rings. The Labute approximate surface area is 158 Å². The molecule has 0 unspecified atom stereocenters. The Hall–Kier alpha value is -2.70. The molecule has 0 spiro atoms. The normalized spacial score (nSPS) is 17.0. The molecular weight excluding hydrogens is 346 g/mol. The fourth-order valence-electron chi connectivity index (χ4n) is 3.20. The Balaban J connectivity index is 1.53. The Morgan fingerprint density at radius 3 is 2.78 bits per heavy atom. The summed E-state index contributed by atoms with van der Waals surface area (Å²) in [6.45, 7) is 5.27. The van der Waals surface area contributed by atoms with Crippen LogP contribution in [0.4, 0.5) is 0 Å². The summed E-state index contributed by atoms with van der Waals surface area (Å²) in [7, 11) is 0. The van der Waals surface area contributed by atoms with Crippen molar-refractivity contribution >= 4 is 11.9 Å². The predicted molar refractivity (Wildman–Crippen MR) is 98.7 cm³/mol. The molecule has 1 saturated heterocycles. The molecule has 27 heavy (non-hydrogen) atoms. The molecule has 0 bridgehead atoms. The number of carbonyl (C=O) groups excluding carboxylic acids is 2. The molecule has 7 nitrogen and oxygen atoms in total. The number of hydrogen-bond acceptors (Lipinski definition) is 6. The number of benzene rings is 1. The van der Waals surface area contributed by atoms with Gasteiger partial charge in [-0.3, -0.25) is 9.59 Å². The van der Waals surface area contributed by atoms with E-state index in [1.165, 1.54) is 0 Å². The standard InChI is InChI=1S/C20H25N3O4/c1-3-26-20(25)16-5-4-12-23(13-16)18(24)11-10-17-21-22-19(27-17)15-8-6-14(2)7-9-15/h6-9,16H,3-5,10-13H2,1-2H3/t16-/m0/s1. The van der Waals surface area contributed by atoms with Crippen LogP contribution < -0.4 is 0 Å². The minimum atomic E-state index is -0.223. The maximum atomic E-state index is 12.5.